The fraction of sp³-hybridized carbons (Fsp3) is 0.333. The van der Waals surface area contributed by atoms with Crippen molar-refractivity contribution < 1.29 is 4.74 Å². The zero-order chi connectivity index (χ0) is 14.4. The van der Waals surface area contributed by atoms with Crippen LogP contribution in [0.15, 0.2) is 48.5 Å². The van der Waals surface area contributed by atoms with E-state index in [0.29, 0.717) is 12.5 Å². The van der Waals surface area contributed by atoms with Crippen molar-refractivity contribution in [1.82, 2.24) is 0 Å². The molecule has 0 heterocycles. The van der Waals surface area contributed by atoms with Gasteiger partial charge in [0.15, 0.2) is 0 Å². The smallest absolute Gasteiger partial charge is 0.0713 e. The van der Waals surface area contributed by atoms with Gasteiger partial charge in [0, 0.05) is 19.3 Å². The van der Waals surface area contributed by atoms with Crippen LogP contribution in [0.3, 0.4) is 0 Å². The Labute approximate surface area is 121 Å². The predicted molar refractivity (Wildman–Crippen MR) is 85.0 cm³/mol. The van der Waals surface area contributed by atoms with Crippen molar-refractivity contribution in [1.29, 1.82) is 0 Å². The van der Waals surface area contributed by atoms with Crippen molar-refractivity contribution in [2.75, 3.05) is 12.4 Å². The second-order valence-electron chi connectivity index (χ2n) is 5.38. The van der Waals surface area contributed by atoms with E-state index in [9.17, 15) is 0 Å². The maximum absolute atomic E-state index is 5.11. The van der Waals surface area contributed by atoms with Gasteiger partial charge < -0.3 is 10.1 Å². The summed E-state index contributed by atoms with van der Waals surface area (Å²) in [6.07, 6.45) is 0. The summed E-state index contributed by atoms with van der Waals surface area (Å²) < 4.78 is 5.11. The van der Waals surface area contributed by atoms with Crippen LogP contribution in [0, 0.1) is 0 Å². The zero-order valence-electron chi connectivity index (χ0n) is 12.5. The highest BCUT2D eigenvalue weighted by Crippen LogP contribution is 2.17. The third-order valence-corrected chi connectivity index (χ3v) is 3.41. The van der Waals surface area contributed by atoms with E-state index in [4.69, 9.17) is 4.74 Å². The fourth-order valence-corrected chi connectivity index (χ4v) is 2.11. The van der Waals surface area contributed by atoms with Gasteiger partial charge >= 0.3 is 0 Å². The molecule has 0 unspecified atom stereocenters. The van der Waals surface area contributed by atoms with Crippen LogP contribution < -0.4 is 5.32 Å². The van der Waals surface area contributed by atoms with E-state index in [0.717, 1.165) is 12.2 Å². The normalized spacial score (nSPS) is 10.8. The molecular formula is C18H23NO. The molecule has 2 aromatic carbocycles. The standard InChI is InChI=1S/C18H23NO/c1-14(2)17-8-10-18(11-9-17)19-12-15-4-6-16(7-5-15)13-20-3/h4-11,14,19H,12-13H2,1-3H3. The zero-order valence-corrected chi connectivity index (χ0v) is 12.5. The molecule has 0 aliphatic heterocycles. The molecule has 0 spiro atoms. The van der Waals surface area contributed by atoms with Crippen LogP contribution in [0.4, 0.5) is 5.69 Å². The maximum atomic E-state index is 5.11. The molecule has 106 valence electrons. The number of rotatable bonds is 6. The van der Waals surface area contributed by atoms with E-state index in [1.807, 2.05) is 0 Å². The van der Waals surface area contributed by atoms with Crippen LogP contribution in [0.25, 0.3) is 0 Å². The number of methoxy groups -OCH3 is 1. The predicted octanol–water partition coefficient (Wildman–Crippen LogP) is 4.57. The molecule has 2 aromatic rings. The number of hydrogen-bond donors (Lipinski definition) is 1. The van der Waals surface area contributed by atoms with E-state index in [2.05, 4.69) is 67.7 Å². The Kier molecular flexibility index (Phi) is 5.19. The summed E-state index contributed by atoms with van der Waals surface area (Å²) in [7, 11) is 1.72. The van der Waals surface area contributed by atoms with Crippen molar-refractivity contribution in [2.45, 2.75) is 32.9 Å². The van der Waals surface area contributed by atoms with Crippen LogP contribution in [0.5, 0.6) is 0 Å². The summed E-state index contributed by atoms with van der Waals surface area (Å²) in [5.74, 6) is 0.581. The van der Waals surface area contributed by atoms with Crippen LogP contribution >= 0.6 is 0 Å². The fourth-order valence-electron chi connectivity index (χ4n) is 2.11. The van der Waals surface area contributed by atoms with E-state index in [1.54, 1.807) is 7.11 Å². The molecule has 0 aliphatic rings. The first-order valence-corrected chi connectivity index (χ1v) is 7.09. The Morgan fingerprint density at radius 2 is 1.50 bits per heavy atom. The molecule has 0 aliphatic carbocycles. The minimum absolute atomic E-state index is 0.581. The molecule has 2 rings (SSSR count). The Morgan fingerprint density at radius 3 is 2.05 bits per heavy atom. The minimum Gasteiger partial charge on any atom is -0.381 e. The highest BCUT2D eigenvalue weighted by Gasteiger charge is 1.99. The topological polar surface area (TPSA) is 21.3 Å². The Balaban J connectivity index is 1.91. The molecule has 2 heteroatoms. The lowest BCUT2D eigenvalue weighted by atomic mass is 10.0. The molecule has 0 bridgehead atoms. The first kappa shape index (κ1) is 14.6. The molecule has 0 saturated carbocycles. The molecule has 0 radical (unpaired) electrons. The third kappa shape index (κ3) is 4.10. The molecule has 0 saturated heterocycles. The average molecular weight is 269 g/mol. The highest BCUT2D eigenvalue weighted by molar-refractivity contribution is 5.45. The second kappa shape index (κ2) is 7.11. The summed E-state index contributed by atoms with van der Waals surface area (Å²) >= 11 is 0. The van der Waals surface area contributed by atoms with E-state index in [1.165, 1.54) is 16.7 Å². The number of hydrogen-bond acceptors (Lipinski definition) is 2. The van der Waals surface area contributed by atoms with Crippen molar-refractivity contribution in [3.63, 3.8) is 0 Å². The maximum Gasteiger partial charge on any atom is 0.0713 e. The van der Waals surface area contributed by atoms with Gasteiger partial charge in [0.1, 0.15) is 0 Å². The van der Waals surface area contributed by atoms with Gasteiger partial charge in [0.2, 0.25) is 0 Å². The first-order chi connectivity index (χ1) is 9.69. The highest BCUT2D eigenvalue weighted by atomic mass is 16.5. The summed E-state index contributed by atoms with van der Waals surface area (Å²) in [6, 6.07) is 17.2. The molecule has 1 N–H and O–H groups in total. The third-order valence-electron chi connectivity index (χ3n) is 3.41. The lowest BCUT2D eigenvalue weighted by Crippen LogP contribution is -2.00. The Hall–Kier alpha value is -1.80. The summed E-state index contributed by atoms with van der Waals surface area (Å²) in [5, 5.41) is 3.45. The molecule has 0 amide bonds. The van der Waals surface area contributed by atoms with Gasteiger partial charge in [-0.2, -0.15) is 0 Å². The lowest BCUT2D eigenvalue weighted by molar-refractivity contribution is 0.185. The van der Waals surface area contributed by atoms with Crippen molar-refractivity contribution in [3.05, 3.63) is 65.2 Å². The van der Waals surface area contributed by atoms with Crippen molar-refractivity contribution in [2.24, 2.45) is 0 Å². The SMILES string of the molecule is COCc1ccc(CNc2ccc(C(C)C)cc2)cc1. The first-order valence-electron chi connectivity index (χ1n) is 7.09. The summed E-state index contributed by atoms with van der Waals surface area (Å²) in [6.45, 7) is 5.94. The van der Waals surface area contributed by atoms with Gasteiger partial charge in [-0.25, -0.2) is 0 Å². The van der Waals surface area contributed by atoms with Crippen LogP contribution in [-0.2, 0) is 17.9 Å². The molecule has 0 atom stereocenters. The summed E-state index contributed by atoms with van der Waals surface area (Å²) in [5.41, 5.74) is 5.02. The van der Waals surface area contributed by atoms with Crippen molar-refractivity contribution in [3.8, 4) is 0 Å². The average Bonchev–Trinajstić information content (AvgIpc) is 2.47. The lowest BCUT2D eigenvalue weighted by Gasteiger charge is -2.10. The molecule has 0 fully saturated rings. The second-order valence-corrected chi connectivity index (χ2v) is 5.38. The van der Waals surface area contributed by atoms with Gasteiger partial charge in [0.25, 0.3) is 0 Å². The Morgan fingerprint density at radius 1 is 0.900 bits per heavy atom. The van der Waals surface area contributed by atoms with Gasteiger partial charge in [-0.3, -0.25) is 0 Å². The number of nitrogens with one attached hydrogen (secondary N) is 1. The van der Waals surface area contributed by atoms with Gasteiger partial charge in [0.05, 0.1) is 6.61 Å². The Bertz CT molecular complexity index is 514. The van der Waals surface area contributed by atoms with Crippen LogP contribution in [-0.4, -0.2) is 7.11 Å². The monoisotopic (exact) mass is 269 g/mol. The number of benzene rings is 2. The van der Waals surface area contributed by atoms with Gasteiger partial charge in [-0.15, -0.1) is 0 Å². The van der Waals surface area contributed by atoms with E-state index >= 15 is 0 Å². The molecule has 0 aromatic heterocycles. The molecule has 20 heavy (non-hydrogen) atoms. The van der Waals surface area contributed by atoms with Crippen LogP contribution in [0.2, 0.25) is 0 Å². The van der Waals surface area contributed by atoms with Crippen molar-refractivity contribution >= 4 is 5.69 Å². The van der Waals surface area contributed by atoms with E-state index < -0.39 is 0 Å². The van der Waals surface area contributed by atoms with Gasteiger partial charge in [-0.05, 0) is 34.7 Å². The number of ether oxygens (including phenoxy) is 1. The largest absolute Gasteiger partial charge is 0.381 e. The summed E-state index contributed by atoms with van der Waals surface area (Å²) in [4.78, 5) is 0. The minimum atomic E-state index is 0.581. The van der Waals surface area contributed by atoms with Gasteiger partial charge in [-0.1, -0.05) is 50.2 Å². The van der Waals surface area contributed by atoms with E-state index in [-0.39, 0.29) is 0 Å². The quantitative estimate of drug-likeness (QED) is 0.829. The molecular weight excluding hydrogens is 246 g/mol. The molecule has 2 nitrogen and oxygen atoms in total. The van der Waals surface area contributed by atoms with Crippen LogP contribution in [0.1, 0.15) is 36.5 Å². The number of anilines is 1.